The van der Waals surface area contributed by atoms with Gasteiger partial charge in [0.05, 0.1) is 6.54 Å². The standard InChI is InChI=1S/C14H16FN3O4/c15-10-3-1-9(2-4-10)7-18-11(8-22-14(18)21)13(20)17-6-5-12(16)19/h1-4,11H,5-8H2,(H2,16,19)(H,17,20)/t11-/m0/s1. The van der Waals surface area contributed by atoms with E-state index in [2.05, 4.69) is 5.32 Å². The third-order valence-corrected chi connectivity index (χ3v) is 3.21. The lowest BCUT2D eigenvalue weighted by atomic mass is 10.2. The minimum atomic E-state index is -0.787. The molecule has 0 unspecified atom stereocenters. The third-order valence-electron chi connectivity index (χ3n) is 3.21. The molecule has 1 atom stereocenters. The summed E-state index contributed by atoms with van der Waals surface area (Å²) in [5, 5.41) is 2.53. The van der Waals surface area contributed by atoms with Gasteiger partial charge in [0.15, 0.2) is 0 Å². The normalized spacial score (nSPS) is 17.2. The minimum absolute atomic E-state index is 0.0191. The van der Waals surface area contributed by atoms with Crippen molar-refractivity contribution in [2.24, 2.45) is 5.73 Å². The molecule has 0 radical (unpaired) electrons. The van der Waals surface area contributed by atoms with Crippen molar-refractivity contribution in [1.29, 1.82) is 0 Å². The Balaban J connectivity index is 1.98. The number of cyclic esters (lactones) is 1. The second-order valence-corrected chi connectivity index (χ2v) is 4.85. The van der Waals surface area contributed by atoms with Crippen LogP contribution in [0.25, 0.3) is 0 Å². The number of amides is 3. The van der Waals surface area contributed by atoms with E-state index in [1.165, 1.54) is 29.2 Å². The first-order chi connectivity index (χ1) is 10.5. The number of rotatable bonds is 6. The Hall–Kier alpha value is -2.64. The number of primary amides is 1. The molecule has 3 amide bonds. The number of hydrogen-bond acceptors (Lipinski definition) is 4. The zero-order valence-corrected chi connectivity index (χ0v) is 11.8. The van der Waals surface area contributed by atoms with Crippen LogP contribution in [0.5, 0.6) is 0 Å². The summed E-state index contributed by atoms with van der Waals surface area (Å²) in [5.74, 6) is -1.33. The van der Waals surface area contributed by atoms with Crippen LogP contribution in [-0.2, 0) is 20.9 Å². The summed E-state index contributed by atoms with van der Waals surface area (Å²) in [6, 6.07) is 4.83. The van der Waals surface area contributed by atoms with Crippen LogP contribution in [0.3, 0.4) is 0 Å². The fraction of sp³-hybridized carbons (Fsp3) is 0.357. The average molecular weight is 309 g/mol. The lowest BCUT2D eigenvalue weighted by Crippen LogP contribution is -2.46. The predicted molar refractivity (Wildman–Crippen MR) is 73.9 cm³/mol. The fourth-order valence-electron chi connectivity index (χ4n) is 2.06. The molecule has 2 rings (SSSR count). The van der Waals surface area contributed by atoms with Crippen molar-refractivity contribution in [1.82, 2.24) is 10.2 Å². The fourth-order valence-corrected chi connectivity index (χ4v) is 2.06. The van der Waals surface area contributed by atoms with Crippen LogP contribution in [0, 0.1) is 5.82 Å². The number of hydrogen-bond donors (Lipinski definition) is 2. The van der Waals surface area contributed by atoms with Crippen LogP contribution in [0.2, 0.25) is 0 Å². The number of ether oxygens (including phenoxy) is 1. The zero-order chi connectivity index (χ0) is 16.1. The molecule has 1 saturated heterocycles. The summed E-state index contributed by atoms with van der Waals surface area (Å²) in [5.41, 5.74) is 5.66. The third kappa shape index (κ3) is 3.94. The highest BCUT2D eigenvalue weighted by molar-refractivity contribution is 5.88. The summed E-state index contributed by atoms with van der Waals surface area (Å²) in [4.78, 5) is 35.6. The molecule has 0 spiro atoms. The van der Waals surface area contributed by atoms with Gasteiger partial charge < -0.3 is 15.8 Å². The first-order valence-electron chi connectivity index (χ1n) is 6.71. The van der Waals surface area contributed by atoms with Crippen LogP contribution in [-0.4, -0.2) is 42.0 Å². The van der Waals surface area contributed by atoms with Crippen molar-refractivity contribution >= 4 is 17.9 Å². The largest absolute Gasteiger partial charge is 0.447 e. The van der Waals surface area contributed by atoms with Gasteiger partial charge >= 0.3 is 6.09 Å². The van der Waals surface area contributed by atoms with Gasteiger partial charge in [0.25, 0.3) is 0 Å². The first-order valence-corrected chi connectivity index (χ1v) is 6.71. The van der Waals surface area contributed by atoms with E-state index < -0.39 is 23.9 Å². The summed E-state index contributed by atoms with van der Waals surface area (Å²) >= 11 is 0. The van der Waals surface area contributed by atoms with Crippen LogP contribution < -0.4 is 11.1 Å². The van der Waals surface area contributed by atoms with Crippen molar-refractivity contribution in [3.63, 3.8) is 0 Å². The Morgan fingerprint density at radius 1 is 1.36 bits per heavy atom. The van der Waals surface area contributed by atoms with E-state index in [-0.39, 0.29) is 31.9 Å². The molecule has 3 N–H and O–H groups in total. The summed E-state index contributed by atoms with van der Waals surface area (Å²) in [6.07, 6.45) is -0.593. The van der Waals surface area contributed by atoms with E-state index in [9.17, 15) is 18.8 Å². The number of nitrogens with two attached hydrogens (primary N) is 1. The molecule has 7 nitrogen and oxygen atoms in total. The molecule has 1 aliphatic heterocycles. The van der Waals surface area contributed by atoms with E-state index in [0.717, 1.165) is 0 Å². The molecule has 0 saturated carbocycles. The molecule has 8 heteroatoms. The quantitative estimate of drug-likeness (QED) is 0.780. The highest BCUT2D eigenvalue weighted by Crippen LogP contribution is 2.17. The smallest absolute Gasteiger partial charge is 0.410 e. The molecular weight excluding hydrogens is 293 g/mol. The van der Waals surface area contributed by atoms with Gasteiger partial charge in [0, 0.05) is 13.0 Å². The molecule has 1 heterocycles. The van der Waals surface area contributed by atoms with Crippen molar-refractivity contribution in [2.75, 3.05) is 13.2 Å². The topological polar surface area (TPSA) is 102 Å². The lowest BCUT2D eigenvalue weighted by Gasteiger charge is -2.20. The SMILES string of the molecule is NC(=O)CCNC(=O)[C@@H]1COC(=O)N1Cc1ccc(F)cc1. The maximum Gasteiger partial charge on any atom is 0.410 e. The minimum Gasteiger partial charge on any atom is -0.447 e. The maximum absolute atomic E-state index is 12.9. The summed E-state index contributed by atoms with van der Waals surface area (Å²) in [7, 11) is 0. The van der Waals surface area contributed by atoms with Gasteiger partial charge in [0.1, 0.15) is 18.5 Å². The van der Waals surface area contributed by atoms with E-state index in [0.29, 0.717) is 5.56 Å². The van der Waals surface area contributed by atoms with E-state index in [1.54, 1.807) is 0 Å². The van der Waals surface area contributed by atoms with Gasteiger partial charge in [-0.15, -0.1) is 0 Å². The monoisotopic (exact) mass is 309 g/mol. The van der Waals surface area contributed by atoms with Crippen LogP contribution in [0.1, 0.15) is 12.0 Å². The van der Waals surface area contributed by atoms with Crippen LogP contribution in [0.15, 0.2) is 24.3 Å². The first kappa shape index (κ1) is 15.7. The molecule has 118 valence electrons. The van der Waals surface area contributed by atoms with Gasteiger partial charge in [0.2, 0.25) is 11.8 Å². The van der Waals surface area contributed by atoms with Crippen molar-refractivity contribution in [3.8, 4) is 0 Å². The molecule has 1 aliphatic rings. The Kier molecular flexibility index (Phi) is 4.92. The van der Waals surface area contributed by atoms with E-state index in [1.807, 2.05) is 0 Å². The Labute approximate surface area is 126 Å². The lowest BCUT2D eigenvalue weighted by molar-refractivity contribution is -0.125. The second-order valence-electron chi connectivity index (χ2n) is 4.85. The van der Waals surface area contributed by atoms with Crippen LogP contribution >= 0.6 is 0 Å². The van der Waals surface area contributed by atoms with Gasteiger partial charge in [-0.25, -0.2) is 9.18 Å². The molecule has 1 fully saturated rings. The summed E-state index contributed by atoms with van der Waals surface area (Å²) < 4.78 is 17.8. The van der Waals surface area contributed by atoms with Crippen molar-refractivity contribution in [2.45, 2.75) is 19.0 Å². The molecule has 0 bridgehead atoms. The molecule has 1 aromatic rings. The highest BCUT2D eigenvalue weighted by atomic mass is 19.1. The van der Waals surface area contributed by atoms with E-state index >= 15 is 0 Å². The Bertz CT molecular complexity index is 576. The van der Waals surface area contributed by atoms with Gasteiger partial charge in [-0.3, -0.25) is 14.5 Å². The molecule has 0 aliphatic carbocycles. The van der Waals surface area contributed by atoms with Crippen molar-refractivity contribution in [3.05, 3.63) is 35.6 Å². The predicted octanol–water partition coefficient (Wildman–Crippen LogP) is 0.138. The molecule has 22 heavy (non-hydrogen) atoms. The Morgan fingerprint density at radius 2 is 2.05 bits per heavy atom. The van der Waals surface area contributed by atoms with Gasteiger partial charge in [-0.2, -0.15) is 0 Å². The number of carbonyl (C=O) groups excluding carboxylic acids is 3. The molecule has 1 aromatic carbocycles. The second kappa shape index (κ2) is 6.88. The van der Waals surface area contributed by atoms with Crippen LogP contribution in [0.4, 0.5) is 9.18 Å². The zero-order valence-electron chi connectivity index (χ0n) is 11.8. The Morgan fingerprint density at radius 3 is 2.68 bits per heavy atom. The maximum atomic E-state index is 12.9. The number of carbonyl (C=O) groups is 3. The van der Waals surface area contributed by atoms with Crippen molar-refractivity contribution < 1.29 is 23.5 Å². The highest BCUT2D eigenvalue weighted by Gasteiger charge is 2.37. The summed E-state index contributed by atoms with van der Waals surface area (Å²) in [6.45, 7) is 0.165. The molecular formula is C14H16FN3O4. The number of nitrogens with one attached hydrogen (secondary N) is 1. The van der Waals surface area contributed by atoms with Gasteiger partial charge in [-0.1, -0.05) is 12.1 Å². The van der Waals surface area contributed by atoms with E-state index in [4.69, 9.17) is 10.5 Å². The number of halogens is 1. The molecule has 0 aromatic heterocycles. The number of nitrogens with zero attached hydrogens (tertiary/aromatic N) is 1. The number of benzene rings is 1. The average Bonchev–Trinajstić information content (AvgIpc) is 2.82. The van der Waals surface area contributed by atoms with Gasteiger partial charge in [-0.05, 0) is 17.7 Å².